The van der Waals surface area contributed by atoms with Gasteiger partial charge in [-0.3, -0.25) is 4.79 Å². The van der Waals surface area contributed by atoms with Crippen LogP contribution in [0.3, 0.4) is 0 Å². The number of nitrogens with one attached hydrogen (secondary N) is 1. The summed E-state index contributed by atoms with van der Waals surface area (Å²) in [5.74, 6) is 0.993. The molecule has 3 heteroatoms. The van der Waals surface area contributed by atoms with E-state index in [0.717, 1.165) is 19.6 Å². The highest BCUT2D eigenvalue weighted by Crippen LogP contribution is 2.19. The highest BCUT2D eigenvalue weighted by molar-refractivity contribution is 5.80. The SMILES string of the molecule is CCN(C(=O)[C@@H]1CNC[C@H]1C)C(C)C. The summed E-state index contributed by atoms with van der Waals surface area (Å²) in [4.78, 5) is 14.1. The fraction of sp³-hybridized carbons (Fsp3) is 0.909. The van der Waals surface area contributed by atoms with Gasteiger partial charge in [-0.1, -0.05) is 6.92 Å². The molecule has 0 aromatic heterocycles. The average Bonchev–Trinajstić information content (AvgIpc) is 2.51. The zero-order valence-electron chi connectivity index (χ0n) is 9.71. The van der Waals surface area contributed by atoms with Crippen LogP contribution in [0.2, 0.25) is 0 Å². The summed E-state index contributed by atoms with van der Waals surface area (Å²) < 4.78 is 0. The molecule has 1 aliphatic heterocycles. The zero-order chi connectivity index (χ0) is 10.7. The second kappa shape index (κ2) is 4.78. The van der Waals surface area contributed by atoms with E-state index in [1.807, 2.05) is 11.8 Å². The van der Waals surface area contributed by atoms with Crippen molar-refractivity contribution in [1.82, 2.24) is 10.2 Å². The minimum Gasteiger partial charge on any atom is -0.340 e. The molecule has 0 saturated carbocycles. The average molecular weight is 198 g/mol. The van der Waals surface area contributed by atoms with Gasteiger partial charge in [0.25, 0.3) is 0 Å². The molecule has 1 heterocycles. The van der Waals surface area contributed by atoms with Crippen LogP contribution < -0.4 is 5.32 Å². The van der Waals surface area contributed by atoms with Crippen molar-refractivity contribution in [2.45, 2.75) is 33.7 Å². The summed E-state index contributed by atoms with van der Waals surface area (Å²) in [7, 11) is 0. The van der Waals surface area contributed by atoms with Gasteiger partial charge >= 0.3 is 0 Å². The lowest BCUT2D eigenvalue weighted by Crippen LogP contribution is -2.42. The molecule has 2 atom stereocenters. The molecule has 1 amide bonds. The third kappa shape index (κ3) is 2.27. The molecule has 0 bridgehead atoms. The van der Waals surface area contributed by atoms with Crippen molar-refractivity contribution in [2.24, 2.45) is 11.8 Å². The van der Waals surface area contributed by atoms with E-state index >= 15 is 0 Å². The van der Waals surface area contributed by atoms with Crippen molar-refractivity contribution in [3.05, 3.63) is 0 Å². The molecule has 3 nitrogen and oxygen atoms in total. The second-order valence-electron chi connectivity index (χ2n) is 4.46. The van der Waals surface area contributed by atoms with Gasteiger partial charge in [0, 0.05) is 19.1 Å². The van der Waals surface area contributed by atoms with Gasteiger partial charge in [0.15, 0.2) is 0 Å². The van der Waals surface area contributed by atoms with E-state index in [1.165, 1.54) is 0 Å². The Morgan fingerprint density at radius 2 is 2.14 bits per heavy atom. The van der Waals surface area contributed by atoms with Crippen LogP contribution in [-0.4, -0.2) is 36.5 Å². The van der Waals surface area contributed by atoms with E-state index in [4.69, 9.17) is 0 Å². The molecule has 0 radical (unpaired) electrons. The van der Waals surface area contributed by atoms with Crippen molar-refractivity contribution in [2.75, 3.05) is 19.6 Å². The molecular formula is C11H22N2O. The Kier molecular flexibility index (Phi) is 3.93. The zero-order valence-corrected chi connectivity index (χ0v) is 9.71. The van der Waals surface area contributed by atoms with Gasteiger partial charge < -0.3 is 10.2 Å². The molecule has 1 saturated heterocycles. The number of hydrogen-bond donors (Lipinski definition) is 1. The maximum atomic E-state index is 12.1. The van der Waals surface area contributed by atoms with Crippen LogP contribution in [0.4, 0.5) is 0 Å². The molecule has 0 spiro atoms. The first kappa shape index (κ1) is 11.5. The lowest BCUT2D eigenvalue weighted by atomic mass is 9.96. The van der Waals surface area contributed by atoms with E-state index in [9.17, 15) is 4.79 Å². The summed E-state index contributed by atoms with van der Waals surface area (Å²) in [6, 6.07) is 0.320. The van der Waals surface area contributed by atoms with Crippen LogP contribution in [-0.2, 0) is 4.79 Å². The van der Waals surface area contributed by atoms with Crippen molar-refractivity contribution < 1.29 is 4.79 Å². The van der Waals surface area contributed by atoms with E-state index in [2.05, 4.69) is 26.1 Å². The van der Waals surface area contributed by atoms with Gasteiger partial charge in [-0.05, 0) is 33.2 Å². The van der Waals surface area contributed by atoms with Crippen molar-refractivity contribution in [3.8, 4) is 0 Å². The maximum absolute atomic E-state index is 12.1. The Labute approximate surface area is 86.9 Å². The lowest BCUT2D eigenvalue weighted by Gasteiger charge is -2.29. The summed E-state index contributed by atoms with van der Waals surface area (Å²) in [6.45, 7) is 11.0. The molecule has 0 aromatic carbocycles. The predicted molar refractivity (Wildman–Crippen MR) is 58.0 cm³/mol. The standard InChI is InChI=1S/C11H22N2O/c1-5-13(8(2)3)11(14)10-7-12-6-9(10)4/h8-10,12H,5-7H2,1-4H3/t9-,10-/m1/s1. The van der Waals surface area contributed by atoms with Gasteiger partial charge in [0.1, 0.15) is 0 Å². The number of amides is 1. The third-order valence-electron chi connectivity index (χ3n) is 3.08. The van der Waals surface area contributed by atoms with Gasteiger partial charge in [-0.25, -0.2) is 0 Å². The molecule has 82 valence electrons. The first-order chi connectivity index (χ1) is 6.57. The maximum Gasteiger partial charge on any atom is 0.227 e. The Hall–Kier alpha value is -0.570. The van der Waals surface area contributed by atoms with Crippen molar-refractivity contribution >= 4 is 5.91 Å². The summed E-state index contributed by atoms with van der Waals surface area (Å²) >= 11 is 0. The van der Waals surface area contributed by atoms with E-state index in [0.29, 0.717) is 17.9 Å². The monoisotopic (exact) mass is 198 g/mol. The normalized spacial score (nSPS) is 26.9. The molecular weight excluding hydrogens is 176 g/mol. The highest BCUT2D eigenvalue weighted by atomic mass is 16.2. The fourth-order valence-corrected chi connectivity index (χ4v) is 2.13. The number of rotatable bonds is 3. The predicted octanol–water partition coefficient (Wildman–Crippen LogP) is 1.10. The van der Waals surface area contributed by atoms with Crippen molar-refractivity contribution in [3.63, 3.8) is 0 Å². The first-order valence-electron chi connectivity index (χ1n) is 5.59. The molecule has 14 heavy (non-hydrogen) atoms. The number of nitrogens with zero attached hydrogens (tertiary/aromatic N) is 1. The largest absolute Gasteiger partial charge is 0.340 e. The topological polar surface area (TPSA) is 32.3 Å². The molecule has 1 aliphatic rings. The van der Waals surface area contributed by atoms with Crippen LogP contribution in [0.15, 0.2) is 0 Å². The van der Waals surface area contributed by atoms with Crippen LogP contribution in [0.1, 0.15) is 27.7 Å². The first-order valence-corrected chi connectivity index (χ1v) is 5.59. The van der Waals surface area contributed by atoms with E-state index in [1.54, 1.807) is 0 Å². The van der Waals surface area contributed by atoms with E-state index in [-0.39, 0.29) is 5.92 Å². The number of carbonyl (C=O) groups is 1. The molecule has 0 aliphatic carbocycles. The van der Waals surface area contributed by atoms with Crippen LogP contribution >= 0.6 is 0 Å². The van der Waals surface area contributed by atoms with Crippen molar-refractivity contribution in [1.29, 1.82) is 0 Å². The quantitative estimate of drug-likeness (QED) is 0.736. The second-order valence-corrected chi connectivity index (χ2v) is 4.46. The van der Waals surface area contributed by atoms with Gasteiger partial charge in [0.2, 0.25) is 5.91 Å². The molecule has 0 unspecified atom stereocenters. The van der Waals surface area contributed by atoms with Crippen LogP contribution in [0.25, 0.3) is 0 Å². The Morgan fingerprint density at radius 3 is 2.50 bits per heavy atom. The minimum absolute atomic E-state index is 0.192. The summed E-state index contributed by atoms with van der Waals surface area (Å²) in [5, 5.41) is 3.27. The lowest BCUT2D eigenvalue weighted by molar-refractivity contribution is -0.137. The minimum atomic E-state index is 0.192. The van der Waals surface area contributed by atoms with Crippen LogP contribution in [0.5, 0.6) is 0 Å². The van der Waals surface area contributed by atoms with Gasteiger partial charge in [-0.15, -0.1) is 0 Å². The molecule has 0 aromatic rings. The third-order valence-corrected chi connectivity index (χ3v) is 3.08. The molecule has 1 N–H and O–H groups in total. The Bertz CT molecular complexity index is 199. The molecule has 1 rings (SSSR count). The smallest absolute Gasteiger partial charge is 0.227 e. The number of hydrogen-bond acceptors (Lipinski definition) is 2. The Balaban J connectivity index is 2.62. The van der Waals surface area contributed by atoms with Gasteiger partial charge in [-0.2, -0.15) is 0 Å². The van der Waals surface area contributed by atoms with Crippen LogP contribution in [0, 0.1) is 11.8 Å². The summed E-state index contributed by atoms with van der Waals surface area (Å²) in [6.07, 6.45) is 0. The summed E-state index contributed by atoms with van der Waals surface area (Å²) in [5.41, 5.74) is 0. The Morgan fingerprint density at radius 1 is 1.50 bits per heavy atom. The van der Waals surface area contributed by atoms with E-state index < -0.39 is 0 Å². The van der Waals surface area contributed by atoms with Gasteiger partial charge in [0.05, 0.1) is 5.92 Å². The fourth-order valence-electron chi connectivity index (χ4n) is 2.13. The number of carbonyl (C=O) groups excluding carboxylic acids is 1. The highest BCUT2D eigenvalue weighted by Gasteiger charge is 2.32. The molecule has 1 fully saturated rings.